The van der Waals surface area contributed by atoms with Crippen molar-refractivity contribution in [3.63, 3.8) is 0 Å². The monoisotopic (exact) mass is 254 g/mol. The Labute approximate surface area is 106 Å². The molecule has 0 saturated carbocycles. The van der Waals surface area contributed by atoms with Crippen LogP contribution in [0.3, 0.4) is 0 Å². The van der Waals surface area contributed by atoms with Gasteiger partial charge in [0.1, 0.15) is 0 Å². The molecule has 0 aliphatic carbocycles. The SMILES string of the molecule is CCCCO/C(=N\Cl)NC(=O)c1ccccc1. The van der Waals surface area contributed by atoms with Gasteiger partial charge in [-0.2, -0.15) is 0 Å². The lowest BCUT2D eigenvalue weighted by Gasteiger charge is -2.08. The molecule has 0 radical (unpaired) electrons. The number of amidine groups is 1. The van der Waals surface area contributed by atoms with Crippen LogP contribution in [0.4, 0.5) is 0 Å². The molecule has 0 spiro atoms. The summed E-state index contributed by atoms with van der Waals surface area (Å²) < 4.78 is 8.57. The Kier molecular flexibility index (Phi) is 6.10. The second-order valence-corrected chi connectivity index (χ2v) is 3.58. The first-order chi connectivity index (χ1) is 8.27. The Hall–Kier alpha value is -1.55. The lowest BCUT2D eigenvalue weighted by molar-refractivity contribution is 0.0965. The van der Waals surface area contributed by atoms with Gasteiger partial charge in [0.2, 0.25) is 0 Å². The fourth-order valence-corrected chi connectivity index (χ4v) is 1.24. The van der Waals surface area contributed by atoms with Crippen molar-refractivity contribution in [3.8, 4) is 0 Å². The van der Waals surface area contributed by atoms with Gasteiger partial charge in [-0.15, -0.1) is 4.51 Å². The van der Waals surface area contributed by atoms with Crippen molar-refractivity contribution in [2.24, 2.45) is 4.51 Å². The minimum absolute atomic E-state index is 0.0361. The summed E-state index contributed by atoms with van der Waals surface area (Å²) in [6.07, 6.45) is 1.89. The summed E-state index contributed by atoms with van der Waals surface area (Å²) in [6, 6.07) is 8.84. The Morgan fingerprint density at radius 3 is 2.71 bits per heavy atom. The van der Waals surface area contributed by atoms with Crippen molar-refractivity contribution < 1.29 is 9.53 Å². The van der Waals surface area contributed by atoms with E-state index in [1.165, 1.54) is 0 Å². The van der Waals surface area contributed by atoms with Crippen molar-refractivity contribution in [1.29, 1.82) is 0 Å². The molecule has 0 atom stereocenters. The molecular formula is C12H15ClN2O2. The lowest BCUT2D eigenvalue weighted by atomic mass is 10.2. The third kappa shape index (κ3) is 4.87. The first kappa shape index (κ1) is 13.5. The van der Waals surface area contributed by atoms with E-state index < -0.39 is 0 Å². The average molecular weight is 255 g/mol. The number of unbranched alkanes of at least 4 members (excludes halogenated alkanes) is 1. The van der Waals surface area contributed by atoms with Gasteiger partial charge in [-0.3, -0.25) is 10.1 Å². The molecule has 0 aliphatic rings. The normalized spacial score (nSPS) is 11.1. The lowest BCUT2D eigenvalue weighted by Crippen LogP contribution is -2.32. The van der Waals surface area contributed by atoms with Crippen molar-refractivity contribution in [2.45, 2.75) is 19.8 Å². The fraction of sp³-hybridized carbons (Fsp3) is 0.333. The van der Waals surface area contributed by atoms with Crippen LogP contribution in [0.5, 0.6) is 0 Å². The van der Waals surface area contributed by atoms with Crippen molar-refractivity contribution in [1.82, 2.24) is 5.32 Å². The van der Waals surface area contributed by atoms with Crippen LogP contribution in [0.2, 0.25) is 0 Å². The topological polar surface area (TPSA) is 50.7 Å². The smallest absolute Gasteiger partial charge is 0.308 e. The van der Waals surface area contributed by atoms with E-state index in [-0.39, 0.29) is 11.9 Å². The molecule has 1 aromatic rings. The number of ether oxygens (including phenoxy) is 1. The van der Waals surface area contributed by atoms with Crippen LogP contribution in [-0.2, 0) is 4.74 Å². The number of carbonyl (C=O) groups excluding carboxylic acids is 1. The third-order valence-electron chi connectivity index (χ3n) is 2.07. The fourth-order valence-electron chi connectivity index (χ4n) is 1.15. The van der Waals surface area contributed by atoms with Crippen LogP contribution >= 0.6 is 11.8 Å². The molecule has 92 valence electrons. The second kappa shape index (κ2) is 7.68. The maximum Gasteiger partial charge on any atom is 0.308 e. The number of nitrogens with zero attached hydrogens (tertiary/aromatic N) is 1. The van der Waals surface area contributed by atoms with Gasteiger partial charge in [0.15, 0.2) is 0 Å². The molecule has 0 heterocycles. The van der Waals surface area contributed by atoms with Gasteiger partial charge in [-0.05, 0) is 18.6 Å². The van der Waals surface area contributed by atoms with E-state index in [1.807, 2.05) is 13.0 Å². The van der Waals surface area contributed by atoms with E-state index in [2.05, 4.69) is 9.83 Å². The minimum Gasteiger partial charge on any atom is -0.464 e. The first-order valence-corrected chi connectivity index (χ1v) is 5.80. The summed E-state index contributed by atoms with van der Waals surface area (Å²) in [7, 11) is 0. The van der Waals surface area contributed by atoms with E-state index >= 15 is 0 Å². The Bertz CT molecular complexity index is 379. The molecular weight excluding hydrogens is 240 g/mol. The summed E-state index contributed by atoms with van der Waals surface area (Å²) >= 11 is 5.33. The van der Waals surface area contributed by atoms with Crippen molar-refractivity contribution in [2.75, 3.05) is 6.61 Å². The van der Waals surface area contributed by atoms with Crippen molar-refractivity contribution >= 4 is 23.7 Å². The molecule has 1 amide bonds. The summed E-state index contributed by atoms with van der Waals surface area (Å²) in [5, 5.41) is 2.50. The second-order valence-electron chi connectivity index (χ2n) is 3.41. The largest absolute Gasteiger partial charge is 0.464 e. The predicted molar refractivity (Wildman–Crippen MR) is 68.1 cm³/mol. The molecule has 0 unspecified atom stereocenters. The number of hydrogen-bond acceptors (Lipinski definition) is 3. The zero-order valence-corrected chi connectivity index (χ0v) is 10.4. The number of hydrogen-bond donors (Lipinski definition) is 1. The minimum atomic E-state index is -0.290. The number of halogens is 1. The summed E-state index contributed by atoms with van der Waals surface area (Å²) in [5.74, 6) is -0.290. The van der Waals surface area contributed by atoms with Crippen LogP contribution in [0.1, 0.15) is 30.1 Å². The summed E-state index contributed by atoms with van der Waals surface area (Å²) in [5.41, 5.74) is 0.532. The molecule has 1 N–H and O–H groups in total. The Balaban J connectivity index is 2.49. The van der Waals surface area contributed by atoms with Crippen molar-refractivity contribution in [3.05, 3.63) is 35.9 Å². The molecule has 0 aliphatic heterocycles. The van der Waals surface area contributed by atoms with Crippen LogP contribution in [0.25, 0.3) is 0 Å². The molecule has 0 bridgehead atoms. The number of amides is 1. The van der Waals surface area contributed by atoms with Crippen LogP contribution in [0.15, 0.2) is 34.8 Å². The standard InChI is InChI=1S/C12H15ClN2O2/c1-2-3-9-17-12(15-13)14-11(16)10-7-5-4-6-8-10/h4-8H,2-3,9H2,1H3,(H,14,15,16). The Morgan fingerprint density at radius 2 is 2.12 bits per heavy atom. The highest BCUT2D eigenvalue weighted by atomic mass is 35.5. The Morgan fingerprint density at radius 1 is 1.41 bits per heavy atom. The van der Waals surface area contributed by atoms with Gasteiger partial charge in [0.25, 0.3) is 5.91 Å². The van der Waals surface area contributed by atoms with E-state index in [9.17, 15) is 4.79 Å². The first-order valence-electron chi connectivity index (χ1n) is 5.46. The maximum atomic E-state index is 11.7. The molecule has 4 nitrogen and oxygen atoms in total. The molecule has 1 rings (SSSR count). The number of benzene rings is 1. The van der Waals surface area contributed by atoms with Gasteiger partial charge in [0, 0.05) is 17.3 Å². The van der Waals surface area contributed by atoms with Crippen LogP contribution in [-0.4, -0.2) is 18.5 Å². The zero-order valence-electron chi connectivity index (χ0n) is 9.65. The highest BCUT2D eigenvalue weighted by Crippen LogP contribution is 1.99. The van der Waals surface area contributed by atoms with Gasteiger partial charge in [0.05, 0.1) is 6.61 Å². The van der Waals surface area contributed by atoms with Gasteiger partial charge in [-0.1, -0.05) is 31.5 Å². The van der Waals surface area contributed by atoms with Crippen LogP contribution in [0, 0.1) is 0 Å². The maximum absolute atomic E-state index is 11.7. The quantitative estimate of drug-likeness (QED) is 0.510. The van der Waals surface area contributed by atoms with E-state index in [0.717, 1.165) is 12.8 Å². The van der Waals surface area contributed by atoms with E-state index in [1.54, 1.807) is 24.3 Å². The molecule has 5 heteroatoms. The van der Waals surface area contributed by atoms with Crippen LogP contribution < -0.4 is 5.32 Å². The molecule has 0 saturated heterocycles. The molecule has 0 aromatic heterocycles. The number of nitrogens with one attached hydrogen (secondary N) is 1. The molecule has 1 aromatic carbocycles. The van der Waals surface area contributed by atoms with E-state index in [4.69, 9.17) is 16.5 Å². The summed E-state index contributed by atoms with van der Waals surface area (Å²) in [4.78, 5) is 11.7. The van der Waals surface area contributed by atoms with Gasteiger partial charge < -0.3 is 4.74 Å². The average Bonchev–Trinajstić information content (AvgIpc) is 2.38. The zero-order chi connectivity index (χ0) is 12.5. The number of rotatable bonds is 4. The molecule has 0 fully saturated rings. The third-order valence-corrected chi connectivity index (χ3v) is 2.22. The van der Waals surface area contributed by atoms with E-state index in [0.29, 0.717) is 12.2 Å². The number of carbonyl (C=O) groups is 1. The highest BCUT2D eigenvalue weighted by Gasteiger charge is 2.08. The van der Waals surface area contributed by atoms with Gasteiger partial charge in [-0.25, -0.2) is 0 Å². The van der Waals surface area contributed by atoms with Gasteiger partial charge >= 0.3 is 6.02 Å². The summed E-state index contributed by atoms with van der Waals surface area (Å²) in [6.45, 7) is 2.53. The molecule has 17 heavy (non-hydrogen) atoms. The predicted octanol–water partition coefficient (Wildman–Crippen LogP) is 2.74. The highest BCUT2D eigenvalue weighted by molar-refractivity contribution is 6.20.